The number of aromatic nitrogens is 1. The third kappa shape index (κ3) is 12.7. The first-order chi connectivity index (χ1) is 26.3. The summed E-state index contributed by atoms with van der Waals surface area (Å²) >= 11 is 0. The zero-order valence-corrected chi connectivity index (χ0v) is 30.0. The van der Waals surface area contributed by atoms with Crippen molar-refractivity contribution in [2.45, 2.75) is 69.1 Å². The molecule has 16 nitrogen and oxygen atoms in total. The van der Waals surface area contributed by atoms with Crippen molar-refractivity contribution in [3.05, 3.63) is 102 Å². The summed E-state index contributed by atoms with van der Waals surface area (Å²) in [6.45, 7) is 0. The Kier molecular flexibility index (Phi) is 14.9. The number of phenolic OH excluding ortho intramolecular Hbond substituents is 1. The Labute approximate surface area is 316 Å². The highest BCUT2D eigenvalue weighted by Crippen LogP contribution is 2.19. The van der Waals surface area contributed by atoms with Crippen molar-refractivity contribution in [1.29, 1.82) is 0 Å². The third-order valence-corrected chi connectivity index (χ3v) is 8.77. The van der Waals surface area contributed by atoms with Gasteiger partial charge in [-0.2, -0.15) is 0 Å². The third-order valence-electron chi connectivity index (χ3n) is 8.77. The number of carbonyl (C=O) groups is 7. The standard InChI is InChI=1S/C39H44N6O10/c1-40-36(52)32(21-25-22-41-28-10-6-5-9-27(25)28)45-37(53)29(15-17-34(48)49)43-39(55)31(19-23-7-3-2-4-8-23)44-38(54)30(42-33(47)16-18-35(50)51)20-24-11-13-26(46)14-12-24/h2-14,22,29-32,41,46H,15-21H2,1H3,(H,40,52)(H,42,47)(H,43,55)(H,44,54)(H,45,53)(H,48,49)(H,50,51)/t29-,30-,31-,32-/m0/s1. The number of para-hydroxylation sites is 1. The van der Waals surface area contributed by atoms with Crippen molar-refractivity contribution >= 4 is 52.4 Å². The van der Waals surface area contributed by atoms with Gasteiger partial charge in [0.1, 0.15) is 29.9 Å². The molecule has 4 aromatic rings. The number of hydrogen-bond donors (Lipinski definition) is 9. The van der Waals surface area contributed by atoms with E-state index in [-0.39, 0.29) is 31.4 Å². The summed E-state index contributed by atoms with van der Waals surface area (Å²) in [4.78, 5) is 93.1. The molecule has 0 spiro atoms. The van der Waals surface area contributed by atoms with E-state index in [0.29, 0.717) is 11.1 Å². The van der Waals surface area contributed by atoms with Gasteiger partial charge in [-0.25, -0.2) is 0 Å². The first-order valence-corrected chi connectivity index (χ1v) is 17.6. The fourth-order valence-electron chi connectivity index (χ4n) is 5.88. The Hall–Kier alpha value is -6.71. The molecule has 4 rings (SSSR count). The Morgan fingerprint density at radius 3 is 1.73 bits per heavy atom. The molecule has 9 N–H and O–H groups in total. The summed E-state index contributed by atoms with van der Waals surface area (Å²) in [6.07, 6.45) is -0.147. The van der Waals surface area contributed by atoms with Crippen LogP contribution in [0.5, 0.6) is 5.75 Å². The van der Waals surface area contributed by atoms with Gasteiger partial charge in [0.05, 0.1) is 6.42 Å². The molecule has 5 amide bonds. The van der Waals surface area contributed by atoms with Gasteiger partial charge in [0, 0.05) is 56.3 Å². The number of H-pyrrole nitrogens is 1. The second-order valence-corrected chi connectivity index (χ2v) is 12.9. The fraction of sp³-hybridized carbons (Fsp3) is 0.308. The number of amides is 5. The van der Waals surface area contributed by atoms with E-state index in [4.69, 9.17) is 5.11 Å². The second kappa shape index (κ2) is 19.9. The van der Waals surface area contributed by atoms with E-state index in [9.17, 15) is 43.8 Å². The number of carbonyl (C=O) groups excluding carboxylic acids is 5. The SMILES string of the molecule is CNC(=O)[C@H](Cc1c[nH]c2ccccc12)NC(=O)[C@H](CCC(=O)O)NC(=O)[C@H](Cc1ccccc1)NC(=O)[C@H](Cc1ccc(O)cc1)NC(=O)CCC(=O)O. The molecule has 0 saturated carbocycles. The average molecular weight is 757 g/mol. The van der Waals surface area contributed by atoms with E-state index in [1.165, 1.54) is 31.3 Å². The molecule has 0 aliphatic rings. The first-order valence-electron chi connectivity index (χ1n) is 17.6. The van der Waals surface area contributed by atoms with E-state index in [2.05, 4.69) is 31.6 Å². The summed E-state index contributed by atoms with van der Waals surface area (Å²) < 4.78 is 0. The summed E-state index contributed by atoms with van der Waals surface area (Å²) in [5.74, 6) is -6.22. The molecular weight excluding hydrogens is 712 g/mol. The molecule has 3 aromatic carbocycles. The molecule has 1 aromatic heterocycles. The maximum atomic E-state index is 14.0. The number of likely N-dealkylation sites (N-methyl/N-ethyl adjacent to an activating group) is 1. The molecule has 0 aliphatic carbocycles. The second-order valence-electron chi connectivity index (χ2n) is 12.9. The van der Waals surface area contributed by atoms with Crippen LogP contribution in [0.25, 0.3) is 10.9 Å². The number of aliphatic carboxylic acids is 2. The lowest BCUT2D eigenvalue weighted by atomic mass is 10.0. The molecule has 55 heavy (non-hydrogen) atoms. The number of carboxylic acid groups (broad SMARTS) is 2. The average Bonchev–Trinajstić information content (AvgIpc) is 3.58. The Bertz CT molecular complexity index is 1980. The monoisotopic (exact) mass is 756 g/mol. The van der Waals surface area contributed by atoms with Crippen molar-refractivity contribution in [3.8, 4) is 5.75 Å². The molecule has 0 unspecified atom stereocenters. The summed E-state index contributed by atoms with van der Waals surface area (Å²) in [7, 11) is 1.40. The van der Waals surface area contributed by atoms with E-state index in [0.717, 1.165) is 16.5 Å². The van der Waals surface area contributed by atoms with Crippen molar-refractivity contribution < 1.29 is 48.9 Å². The predicted octanol–water partition coefficient (Wildman–Crippen LogP) is 1.32. The number of nitrogens with one attached hydrogen (secondary N) is 6. The minimum atomic E-state index is -1.45. The van der Waals surface area contributed by atoms with Crippen LogP contribution < -0.4 is 26.6 Å². The number of carboxylic acids is 2. The Balaban J connectivity index is 1.58. The maximum absolute atomic E-state index is 14.0. The van der Waals surface area contributed by atoms with Crippen LogP contribution in [-0.2, 0) is 52.8 Å². The highest BCUT2D eigenvalue weighted by molar-refractivity contribution is 5.96. The van der Waals surface area contributed by atoms with E-state index in [1.54, 1.807) is 36.5 Å². The van der Waals surface area contributed by atoms with E-state index >= 15 is 0 Å². The highest BCUT2D eigenvalue weighted by atomic mass is 16.4. The molecule has 0 bridgehead atoms. The largest absolute Gasteiger partial charge is 0.508 e. The summed E-state index contributed by atoms with van der Waals surface area (Å²) in [6, 6.07) is 16.7. The molecule has 0 aliphatic heterocycles. The fourth-order valence-corrected chi connectivity index (χ4v) is 5.88. The quantitative estimate of drug-likeness (QED) is 0.0625. The number of aromatic hydroxyl groups is 1. The lowest BCUT2D eigenvalue weighted by molar-refractivity contribution is -0.139. The molecule has 0 radical (unpaired) electrons. The molecule has 0 fully saturated rings. The zero-order chi connectivity index (χ0) is 39.9. The topological polar surface area (TPSA) is 256 Å². The van der Waals surface area contributed by atoms with Crippen LogP contribution in [0.15, 0.2) is 85.1 Å². The number of hydrogen-bond acceptors (Lipinski definition) is 8. The smallest absolute Gasteiger partial charge is 0.303 e. The van der Waals surface area contributed by atoms with Gasteiger partial charge in [-0.05, 0) is 41.3 Å². The van der Waals surface area contributed by atoms with Crippen LogP contribution in [0.4, 0.5) is 0 Å². The number of benzene rings is 3. The van der Waals surface area contributed by atoms with Gasteiger partial charge in [0.25, 0.3) is 0 Å². The number of rotatable bonds is 20. The van der Waals surface area contributed by atoms with Gasteiger partial charge < -0.3 is 46.9 Å². The molecular formula is C39H44N6O10. The number of fused-ring (bicyclic) bond motifs is 1. The van der Waals surface area contributed by atoms with Crippen molar-refractivity contribution in [2.24, 2.45) is 0 Å². The molecule has 16 heteroatoms. The molecule has 1 heterocycles. The van der Waals surface area contributed by atoms with Crippen LogP contribution in [0.2, 0.25) is 0 Å². The van der Waals surface area contributed by atoms with Crippen LogP contribution in [0.1, 0.15) is 42.4 Å². The summed E-state index contributed by atoms with van der Waals surface area (Å²) in [5.41, 5.74) is 2.71. The number of aromatic amines is 1. The Morgan fingerprint density at radius 1 is 0.582 bits per heavy atom. The van der Waals surface area contributed by atoms with Gasteiger partial charge in [0.2, 0.25) is 29.5 Å². The maximum Gasteiger partial charge on any atom is 0.303 e. The molecule has 0 saturated heterocycles. The van der Waals surface area contributed by atoms with Gasteiger partial charge in [0.15, 0.2) is 0 Å². The minimum absolute atomic E-state index is 0.0315. The Morgan fingerprint density at radius 2 is 1.11 bits per heavy atom. The van der Waals surface area contributed by atoms with Crippen molar-refractivity contribution in [1.82, 2.24) is 31.6 Å². The van der Waals surface area contributed by atoms with Crippen LogP contribution >= 0.6 is 0 Å². The highest BCUT2D eigenvalue weighted by Gasteiger charge is 2.32. The van der Waals surface area contributed by atoms with Crippen LogP contribution in [0.3, 0.4) is 0 Å². The minimum Gasteiger partial charge on any atom is -0.508 e. The normalized spacial score (nSPS) is 13.0. The lowest BCUT2D eigenvalue weighted by Gasteiger charge is -2.26. The zero-order valence-electron chi connectivity index (χ0n) is 30.0. The van der Waals surface area contributed by atoms with Gasteiger partial charge in [-0.3, -0.25) is 33.6 Å². The predicted molar refractivity (Wildman–Crippen MR) is 199 cm³/mol. The van der Waals surface area contributed by atoms with Crippen molar-refractivity contribution in [2.75, 3.05) is 7.05 Å². The van der Waals surface area contributed by atoms with Crippen molar-refractivity contribution in [3.63, 3.8) is 0 Å². The van der Waals surface area contributed by atoms with Crippen LogP contribution in [-0.4, -0.2) is 93.0 Å². The summed E-state index contributed by atoms with van der Waals surface area (Å²) in [5, 5.41) is 42.0. The van der Waals surface area contributed by atoms with Crippen LogP contribution in [0, 0.1) is 0 Å². The molecule has 4 atom stereocenters. The van der Waals surface area contributed by atoms with Gasteiger partial charge in [-0.1, -0.05) is 60.7 Å². The van der Waals surface area contributed by atoms with Gasteiger partial charge >= 0.3 is 11.9 Å². The lowest BCUT2D eigenvalue weighted by Crippen LogP contribution is -2.59. The number of phenols is 1. The van der Waals surface area contributed by atoms with Gasteiger partial charge in [-0.15, -0.1) is 0 Å². The van der Waals surface area contributed by atoms with E-state index < -0.39 is 84.9 Å². The first kappa shape index (κ1) is 41.1. The molecule has 290 valence electrons. The van der Waals surface area contributed by atoms with E-state index in [1.807, 2.05) is 24.3 Å².